The van der Waals surface area contributed by atoms with Gasteiger partial charge in [-0.15, -0.1) is 10.2 Å². The molecule has 0 aliphatic carbocycles. The van der Waals surface area contributed by atoms with Crippen molar-refractivity contribution in [2.24, 2.45) is 0 Å². The van der Waals surface area contributed by atoms with Crippen LogP contribution in [0.3, 0.4) is 0 Å². The third kappa shape index (κ3) is 3.22. The van der Waals surface area contributed by atoms with Crippen molar-refractivity contribution in [1.29, 1.82) is 5.26 Å². The number of hydrogen-bond donors (Lipinski definition) is 0. The number of aryl methyl sites for hydroxylation is 1. The molecule has 4 heterocycles. The van der Waals surface area contributed by atoms with E-state index < -0.39 is 0 Å². The molecule has 0 bridgehead atoms. The van der Waals surface area contributed by atoms with Gasteiger partial charge in [-0.3, -0.25) is 9.67 Å². The third-order valence-electron chi connectivity index (χ3n) is 5.36. The first-order chi connectivity index (χ1) is 13.6. The van der Waals surface area contributed by atoms with E-state index in [1.165, 1.54) is 5.56 Å². The SMILES string of the molecule is CCCn1cc(-c2cnc3c(c2)CN(c2nnc(C#N)c(C)c2C)CC3)cn1. The van der Waals surface area contributed by atoms with Crippen LogP contribution in [0.1, 0.15) is 41.4 Å². The van der Waals surface area contributed by atoms with Crippen molar-refractivity contribution >= 4 is 5.82 Å². The molecular weight excluding hydrogens is 350 g/mol. The predicted molar refractivity (Wildman–Crippen MR) is 107 cm³/mol. The first kappa shape index (κ1) is 18.1. The molecule has 3 aromatic rings. The highest BCUT2D eigenvalue weighted by Crippen LogP contribution is 2.29. The Morgan fingerprint density at radius 2 is 2.00 bits per heavy atom. The summed E-state index contributed by atoms with van der Waals surface area (Å²) in [5, 5.41) is 22.0. The van der Waals surface area contributed by atoms with Gasteiger partial charge in [-0.05, 0) is 43.0 Å². The lowest BCUT2D eigenvalue weighted by atomic mass is 10.0. The van der Waals surface area contributed by atoms with E-state index in [4.69, 9.17) is 10.2 Å². The zero-order valence-corrected chi connectivity index (χ0v) is 16.5. The van der Waals surface area contributed by atoms with Gasteiger partial charge < -0.3 is 4.90 Å². The Hall–Kier alpha value is -3.27. The molecule has 0 amide bonds. The molecule has 0 spiro atoms. The zero-order valence-electron chi connectivity index (χ0n) is 16.5. The van der Waals surface area contributed by atoms with Gasteiger partial charge in [-0.1, -0.05) is 6.92 Å². The second-order valence-corrected chi connectivity index (χ2v) is 7.23. The van der Waals surface area contributed by atoms with Crippen LogP contribution in [0.25, 0.3) is 11.1 Å². The van der Waals surface area contributed by atoms with Crippen molar-refractivity contribution in [1.82, 2.24) is 25.0 Å². The maximum atomic E-state index is 9.17. The average Bonchev–Trinajstić information content (AvgIpc) is 3.18. The van der Waals surface area contributed by atoms with Gasteiger partial charge in [0.25, 0.3) is 0 Å². The minimum Gasteiger partial charge on any atom is -0.350 e. The molecule has 0 N–H and O–H groups in total. The molecular formula is C21H23N7. The van der Waals surface area contributed by atoms with Crippen molar-refractivity contribution in [3.05, 3.63) is 52.7 Å². The summed E-state index contributed by atoms with van der Waals surface area (Å²) in [5.41, 5.74) is 6.82. The van der Waals surface area contributed by atoms with Crippen LogP contribution >= 0.6 is 0 Å². The first-order valence-electron chi connectivity index (χ1n) is 9.60. The monoisotopic (exact) mass is 373 g/mol. The fraction of sp³-hybridized carbons (Fsp3) is 0.381. The lowest BCUT2D eigenvalue weighted by molar-refractivity contribution is 0.603. The molecule has 7 nitrogen and oxygen atoms in total. The Morgan fingerprint density at radius 3 is 2.79 bits per heavy atom. The molecule has 0 aromatic carbocycles. The number of fused-ring (bicyclic) bond motifs is 1. The molecule has 0 radical (unpaired) electrons. The molecule has 0 unspecified atom stereocenters. The van der Waals surface area contributed by atoms with E-state index in [0.29, 0.717) is 5.69 Å². The van der Waals surface area contributed by atoms with E-state index in [2.05, 4.69) is 45.5 Å². The summed E-state index contributed by atoms with van der Waals surface area (Å²) in [4.78, 5) is 6.93. The Morgan fingerprint density at radius 1 is 1.14 bits per heavy atom. The van der Waals surface area contributed by atoms with Crippen LogP contribution < -0.4 is 4.90 Å². The summed E-state index contributed by atoms with van der Waals surface area (Å²) in [6.45, 7) is 8.58. The van der Waals surface area contributed by atoms with Crippen LogP contribution in [0.15, 0.2) is 24.7 Å². The fourth-order valence-corrected chi connectivity index (χ4v) is 3.63. The van der Waals surface area contributed by atoms with Gasteiger partial charge in [0.05, 0.1) is 6.20 Å². The summed E-state index contributed by atoms with van der Waals surface area (Å²) < 4.78 is 1.97. The molecule has 0 atom stereocenters. The third-order valence-corrected chi connectivity index (χ3v) is 5.36. The number of rotatable bonds is 4. The van der Waals surface area contributed by atoms with Crippen molar-refractivity contribution in [2.45, 2.75) is 46.7 Å². The minimum absolute atomic E-state index is 0.395. The fourth-order valence-electron chi connectivity index (χ4n) is 3.63. The van der Waals surface area contributed by atoms with Crippen LogP contribution in [0.5, 0.6) is 0 Å². The van der Waals surface area contributed by atoms with E-state index in [1.807, 2.05) is 30.9 Å². The maximum Gasteiger partial charge on any atom is 0.166 e. The van der Waals surface area contributed by atoms with Gasteiger partial charge in [0.1, 0.15) is 6.07 Å². The van der Waals surface area contributed by atoms with E-state index in [9.17, 15) is 0 Å². The topological polar surface area (TPSA) is 83.5 Å². The second-order valence-electron chi connectivity index (χ2n) is 7.23. The molecule has 142 valence electrons. The van der Waals surface area contributed by atoms with Crippen molar-refractivity contribution in [3.63, 3.8) is 0 Å². The molecule has 4 rings (SSSR count). The molecule has 0 saturated carbocycles. The Labute approximate surface area is 164 Å². The van der Waals surface area contributed by atoms with Crippen molar-refractivity contribution < 1.29 is 0 Å². The summed E-state index contributed by atoms with van der Waals surface area (Å²) in [5.74, 6) is 0.850. The number of pyridine rings is 1. The van der Waals surface area contributed by atoms with E-state index >= 15 is 0 Å². The quantitative estimate of drug-likeness (QED) is 0.698. The summed E-state index contributed by atoms with van der Waals surface area (Å²) >= 11 is 0. The largest absolute Gasteiger partial charge is 0.350 e. The number of aromatic nitrogens is 5. The summed E-state index contributed by atoms with van der Waals surface area (Å²) in [6.07, 6.45) is 7.85. The molecule has 28 heavy (non-hydrogen) atoms. The maximum absolute atomic E-state index is 9.17. The minimum atomic E-state index is 0.395. The standard InChI is InChI=1S/C21H23N7/c1-4-6-28-13-18(11-24-28)16-8-17-12-27(7-5-19(17)23-10-16)21-15(3)14(2)20(9-22)25-26-21/h8,10-11,13H,4-7,12H2,1-3H3. The average molecular weight is 373 g/mol. The lowest BCUT2D eigenvalue weighted by Crippen LogP contribution is -2.32. The molecule has 3 aromatic heterocycles. The van der Waals surface area contributed by atoms with Gasteiger partial charge in [-0.2, -0.15) is 10.4 Å². The molecule has 7 heteroatoms. The van der Waals surface area contributed by atoms with Crippen LogP contribution in [0.2, 0.25) is 0 Å². The van der Waals surface area contributed by atoms with Crippen LogP contribution in [-0.4, -0.2) is 31.5 Å². The van der Waals surface area contributed by atoms with Gasteiger partial charge in [0.15, 0.2) is 11.5 Å². The van der Waals surface area contributed by atoms with E-state index in [1.54, 1.807) is 0 Å². The van der Waals surface area contributed by atoms with Gasteiger partial charge in [-0.25, -0.2) is 0 Å². The highest BCUT2D eigenvalue weighted by atomic mass is 15.3. The Bertz CT molecular complexity index is 1060. The molecule has 0 fully saturated rings. The van der Waals surface area contributed by atoms with Crippen LogP contribution in [0, 0.1) is 25.2 Å². The van der Waals surface area contributed by atoms with Crippen LogP contribution in [0.4, 0.5) is 5.82 Å². The second kappa shape index (κ2) is 7.39. The smallest absolute Gasteiger partial charge is 0.166 e. The number of anilines is 1. The number of nitriles is 1. The number of nitrogens with zero attached hydrogens (tertiary/aromatic N) is 7. The molecule has 0 saturated heterocycles. The van der Waals surface area contributed by atoms with Crippen LogP contribution in [-0.2, 0) is 19.5 Å². The summed E-state index contributed by atoms with van der Waals surface area (Å²) in [6, 6.07) is 4.32. The zero-order chi connectivity index (χ0) is 19.7. The van der Waals surface area contributed by atoms with Gasteiger partial charge >= 0.3 is 0 Å². The Kier molecular flexibility index (Phi) is 4.78. The molecule has 1 aliphatic rings. The van der Waals surface area contributed by atoms with Gasteiger partial charge in [0, 0.05) is 55.3 Å². The van der Waals surface area contributed by atoms with Gasteiger partial charge in [0.2, 0.25) is 0 Å². The van der Waals surface area contributed by atoms with E-state index in [-0.39, 0.29) is 0 Å². The highest BCUT2D eigenvalue weighted by Gasteiger charge is 2.22. The number of hydrogen-bond acceptors (Lipinski definition) is 6. The van der Waals surface area contributed by atoms with Crippen molar-refractivity contribution in [3.8, 4) is 17.2 Å². The highest BCUT2D eigenvalue weighted by molar-refractivity contribution is 5.63. The lowest BCUT2D eigenvalue weighted by Gasteiger charge is -2.30. The first-order valence-corrected chi connectivity index (χ1v) is 9.60. The molecule has 1 aliphatic heterocycles. The van der Waals surface area contributed by atoms with E-state index in [0.717, 1.165) is 66.2 Å². The predicted octanol–water partition coefficient (Wildman–Crippen LogP) is 3.20. The summed E-state index contributed by atoms with van der Waals surface area (Å²) in [7, 11) is 0. The Balaban J connectivity index is 1.63. The normalized spacial score (nSPS) is 13.3. The van der Waals surface area contributed by atoms with Crippen molar-refractivity contribution in [2.75, 3.05) is 11.4 Å².